The van der Waals surface area contributed by atoms with E-state index >= 15 is 0 Å². The van der Waals surface area contributed by atoms with Crippen LogP contribution in [0.3, 0.4) is 0 Å². The zero-order valence-electron chi connectivity index (χ0n) is 12.3. The van der Waals surface area contributed by atoms with Gasteiger partial charge in [-0.3, -0.25) is 4.79 Å². The Balaban J connectivity index is 0.00000161. The highest BCUT2D eigenvalue weighted by Crippen LogP contribution is 2.32. The molecule has 0 saturated heterocycles. The van der Waals surface area contributed by atoms with Crippen LogP contribution >= 0.6 is 23.7 Å². The molecule has 0 unspecified atom stereocenters. The normalized spacial score (nSPS) is 19.1. The van der Waals surface area contributed by atoms with Crippen molar-refractivity contribution in [2.24, 2.45) is 11.7 Å². The quantitative estimate of drug-likeness (QED) is 0.902. The monoisotopic (exact) mass is 329 g/mol. The van der Waals surface area contributed by atoms with Gasteiger partial charge in [-0.1, -0.05) is 19.3 Å². The van der Waals surface area contributed by atoms with Crippen molar-refractivity contribution < 1.29 is 4.79 Å². The lowest BCUT2D eigenvalue weighted by atomic mass is 9.89. The third kappa shape index (κ3) is 4.18. The summed E-state index contributed by atoms with van der Waals surface area (Å²) >= 11 is 1.49. The molecule has 0 bridgehead atoms. The molecule has 2 saturated carbocycles. The van der Waals surface area contributed by atoms with Crippen LogP contribution in [0.4, 0.5) is 0 Å². The molecule has 2 aliphatic carbocycles. The second-order valence-corrected chi connectivity index (χ2v) is 6.97. The van der Waals surface area contributed by atoms with E-state index in [1.165, 1.54) is 43.4 Å². The van der Waals surface area contributed by atoms with Crippen LogP contribution in [0.2, 0.25) is 0 Å². The molecule has 0 radical (unpaired) electrons. The second-order valence-electron chi connectivity index (χ2n) is 6.02. The van der Waals surface area contributed by atoms with E-state index < -0.39 is 0 Å². The smallest absolute Gasteiger partial charge is 0.273 e. The molecule has 0 spiro atoms. The van der Waals surface area contributed by atoms with Crippen LogP contribution in [0.5, 0.6) is 0 Å². The van der Waals surface area contributed by atoms with Gasteiger partial charge in [0.1, 0.15) is 10.7 Å². The number of amides is 1. The molecule has 0 aromatic carbocycles. The first-order chi connectivity index (χ1) is 9.78. The number of rotatable bonds is 5. The minimum Gasteiger partial charge on any atom is -0.334 e. The Hall–Kier alpha value is -0.650. The van der Waals surface area contributed by atoms with Gasteiger partial charge >= 0.3 is 0 Å². The lowest BCUT2D eigenvalue weighted by Gasteiger charge is -2.29. The van der Waals surface area contributed by atoms with E-state index in [2.05, 4.69) is 9.88 Å². The Labute approximate surface area is 136 Å². The molecular formula is C15H24ClN3OS. The van der Waals surface area contributed by atoms with Gasteiger partial charge in [0.15, 0.2) is 0 Å². The van der Waals surface area contributed by atoms with Crippen LogP contribution in [0, 0.1) is 5.92 Å². The molecule has 2 aliphatic rings. The molecule has 0 aliphatic heterocycles. The van der Waals surface area contributed by atoms with Crippen LogP contribution in [0.15, 0.2) is 5.38 Å². The third-order valence-electron chi connectivity index (χ3n) is 4.37. The van der Waals surface area contributed by atoms with Crippen LogP contribution < -0.4 is 5.73 Å². The molecule has 3 rings (SSSR count). The summed E-state index contributed by atoms with van der Waals surface area (Å²) in [6, 6.07) is 0.465. The molecule has 1 amide bonds. The van der Waals surface area contributed by atoms with Gasteiger partial charge < -0.3 is 10.6 Å². The van der Waals surface area contributed by atoms with E-state index in [1.54, 1.807) is 0 Å². The Kier molecular flexibility index (Phi) is 6.02. The predicted molar refractivity (Wildman–Crippen MR) is 87.9 cm³/mol. The van der Waals surface area contributed by atoms with Gasteiger partial charge in [-0.25, -0.2) is 4.98 Å². The molecule has 6 heteroatoms. The molecule has 1 aromatic rings. The highest BCUT2D eigenvalue weighted by Gasteiger charge is 2.35. The topological polar surface area (TPSA) is 59.2 Å². The van der Waals surface area contributed by atoms with Crippen LogP contribution in [0.25, 0.3) is 0 Å². The Morgan fingerprint density at radius 2 is 2.00 bits per heavy atom. The van der Waals surface area contributed by atoms with Crippen LogP contribution in [-0.4, -0.2) is 28.4 Å². The lowest BCUT2D eigenvalue weighted by Crippen LogP contribution is -2.38. The highest BCUT2D eigenvalue weighted by atomic mass is 35.5. The van der Waals surface area contributed by atoms with Gasteiger partial charge in [-0.2, -0.15) is 0 Å². The summed E-state index contributed by atoms with van der Waals surface area (Å²) in [5, 5.41) is 2.71. The van der Waals surface area contributed by atoms with Crippen molar-refractivity contribution in [1.82, 2.24) is 9.88 Å². The predicted octanol–water partition coefficient (Wildman–Crippen LogP) is 3.21. The van der Waals surface area contributed by atoms with Crippen LogP contribution in [-0.2, 0) is 6.54 Å². The molecule has 0 atom stereocenters. The minimum atomic E-state index is 0. The maximum Gasteiger partial charge on any atom is 0.273 e. The van der Waals surface area contributed by atoms with E-state index in [-0.39, 0.29) is 18.3 Å². The maximum absolute atomic E-state index is 12.7. The van der Waals surface area contributed by atoms with E-state index in [4.69, 9.17) is 5.73 Å². The number of hydrogen-bond donors (Lipinski definition) is 1. The second kappa shape index (κ2) is 7.56. The summed E-state index contributed by atoms with van der Waals surface area (Å²) in [7, 11) is 0. The largest absolute Gasteiger partial charge is 0.334 e. The van der Waals surface area contributed by atoms with E-state index in [0.29, 0.717) is 24.2 Å². The van der Waals surface area contributed by atoms with Gasteiger partial charge in [0.2, 0.25) is 0 Å². The number of hydrogen-bond acceptors (Lipinski definition) is 4. The van der Waals surface area contributed by atoms with Crippen molar-refractivity contribution >= 4 is 29.7 Å². The van der Waals surface area contributed by atoms with Crippen molar-refractivity contribution in [2.45, 2.75) is 57.5 Å². The van der Waals surface area contributed by atoms with E-state index in [9.17, 15) is 4.79 Å². The van der Waals surface area contributed by atoms with Crippen LogP contribution in [0.1, 0.15) is 60.4 Å². The lowest BCUT2D eigenvalue weighted by molar-refractivity contribution is 0.0693. The zero-order chi connectivity index (χ0) is 13.9. The number of carbonyl (C=O) groups is 1. The minimum absolute atomic E-state index is 0. The van der Waals surface area contributed by atoms with Gasteiger partial charge in [-0.15, -0.1) is 23.7 Å². The SMILES string of the molecule is Cl.NCc1nc(C(=O)N(CC2CCCCC2)C2CC2)cs1. The van der Waals surface area contributed by atoms with Gasteiger partial charge in [0, 0.05) is 24.5 Å². The number of thiazole rings is 1. The number of nitrogens with zero attached hydrogens (tertiary/aromatic N) is 2. The number of aromatic nitrogens is 1. The molecule has 21 heavy (non-hydrogen) atoms. The average Bonchev–Trinajstić information content (AvgIpc) is 3.21. The molecule has 118 valence electrons. The summed E-state index contributed by atoms with van der Waals surface area (Å²) in [5.74, 6) is 0.815. The molecule has 1 aromatic heterocycles. The molecule has 2 N–H and O–H groups in total. The fraction of sp³-hybridized carbons (Fsp3) is 0.733. The summed E-state index contributed by atoms with van der Waals surface area (Å²) in [6.07, 6.45) is 8.89. The van der Waals surface area contributed by atoms with E-state index in [0.717, 1.165) is 24.4 Å². The van der Waals surface area contributed by atoms with Gasteiger partial charge in [-0.05, 0) is 31.6 Å². The Morgan fingerprint density at radius 3 is 2.57 bits per heavy atom. The first kappa shape index (κ1) is 16.7. The number of carbonyl (C=O) groups excluding carboxylic acids is 1. The van der Waals surface area contributed by atoms with Gasteiger partial charge in [0.25, 0.3) is 5.91 Å². The summed E-state index contributed by atoms with van der Waals surface area (Å²) in [4.78, 5) is 19.1. The van der Waals surface area contributed by atoms with Crippen molar-refractivity contribution in [1.29, 1.82) is 0 Å². The average molecular weight is 330 g/mol. The Morgan fingerprint density at radius 1 is 1.29 bits per heavy atom. The number of halogens is 1. The number of nitrogens with two attached hydrogens (primary N) is 1. The molecule has 4 nitrogen and oxygen atoms in total. The summed E-state index contributed by atoms with van der Waals surface area (Å²) in [6.45, 7) is 1.35. The van der Waals surface area contributed by atoms with Crippen molar-refractivity contribution in [3.63, 3.8) is 0 Å². The third-order valence-corrected chi connectivity index (χ3v) is 5.24. The zero-order valence-corrected chi connectivity index (χ0v) is 13.9. The fourth-order valence-electron chi connectivity index (χ4n) is 3.08. The maximum atomic E-state index is 12.7. The fourth-order valence-corrected chi connectivity index (χ4v) is 3.73. The molecule has 1 heterocycles. The van der Waals surface area contributed by atoms with Gasteiger partial charge in [0.05, 0.1) is 0 Å². The van der Waals surface area contributed by atoms with E-state index in [1.807, 2.05) is 5.38 Å². The summed E-state index contributed by atoms with van der Waals surface area (Å²) < 4.78 is 0. The van der Waals surface area contributed by atoms with Crippen molar-refractivity contribution in [2.75, 3.05) is 6.54 Å². The van der Waals surface area contributed by atoms with Crippen molar-refractivity contribution in [3.05, 3.63) is 16.1 Å². The standard InChI is InChI=1S/C15H23N3OS.ClH/c16-8-14-17-13(10-20-14)15(19)18(12-6-7-12)9-11-4-2-1-3-5-11;/h10-12H,1-9,16H2;1H. The highest BCUT2D eigenvalue weighted by molar-refractivity contribution is 7.09. The summed E-state index contributed by atoms with van der Waals surface area (Å²) in [5.41, 5.74) is 6.18. The molecule has 2 fully saturated rings. The first-order valence-electron chi connectivity index (χ1n) is 7.73. The first-order valence-corrected chi connectivity index (χ1v) is 8.61. The van der Waals surface area contributed by atoms with Crippen molar-refractivity contribution in [3.8, 4) is 0 Å². The molecular weight excluding hydrogens is 306 g/mol. The Bertz CT molecular complexity index is 469.